The van der Waals surface area contributed by atoms with Gasteiger partial charge in [-0.3, -0.25) is 9.59 Å². The van der Waals surface area contributed by atoms with Gasteiger partial charge >= 0.3 is 5.97 Å². The topological polar surface area (TPSA) is 92.4 Å². The number of amides is 1. The van der Waals surface area contributed by atoms with Crippen molar-refractivity contribution < 1.29 is 19.1 Å². The van der Waals surface area contributed by atoms with E-state index in [1.807, 2.05) is 0 Å². The van der Waals surface area contributed by atoms with E-state index in [9.17, 15) is 9.59 Å². The van der Waals surface area contributed by atoms with Crippen LogP contribution in [-0.2, 0) is 16.0 Å². The van der Waals surface area contributed by atoms with Crippen LogP contribution >= 0.6 is 11.6 Å². The number of rotatable bonds is 6. The van der Waals surface area contributed by atoms with E-state index < -0.39 is 11.9 Å². The van der Waals surface area contributed by atoms with Crippen molar-refractivity contribution >= 4 is 23.5 Å². The molecule has 2 aromatic rings. The third-order valence-corrected chi connectivity index (χ3v) is 3.26. The molecule has 22 heavy (non-hydrogen) atoms. The predicted molar refractivity (Wildman–Crippen MR) is 80.5 cm³/mol. The summed E-state index contributed by atoms with van der Waals surface area (Å²) in [6.45, 7) is 1.60. The van der Waals surface area contributed by atoms with Crippen molar-refractivity contribution in [3.63, 3.8) is 0 Å². The zero-order valence-electron chi connectivity index (χ0n) is 11.9. The minimum atomic E-state index is -0.952. The van der Waals surface area contributed by atoms with Crippen molar-refractivity contribution in [3.05, 3.63) is 41.2 Å². The van der Waals surface area contributed by atoms with Gasteiger partial charge < -0.3 is 14.8 Å². The molecule has 0 spiro atoms. The fraction of sp³-hybridized carbons (Fsp3) is 0.267. The number of halogens is 1. The van der Waals surface area contributed by atoms with Crippen LogP contribution in [0.4, 0.5) is 0 Å². The number of carbonyl (C=O) groups excluding carboxylic acids is 1. The van der Waals surface area contributed by atoms with E-state index in [1.54, 1.807) is 24.3 Å². The van der Waals surface area contributed by atoms with Gasteiger partial charge in [-0.1, -0.05) is 18.5 Å². The number of carboxylic acid groups (broad SMARTS) is 1. The van der Waals surface area contributed by atoms with Gasteiger partial charge in [0.05, 0.1) is 18.0 Å². The molecule has 1 heterocycles. The van der Waals surface area contributed by atoms with E-state index in [4.69, 9.17) is 21.1 Å². The van der Waals surface area contributed by atoms with Crippen molar-refractivity contribution in [2.45, 2.75) is 13.3 Å². The average Bonchev–Trinajstić information content (AvgIpc) is 2.93. The molecule has 2 N–H and O–H groups in total. The predicted octanol–water partition coefficient (Wildman–Crippen LogP) is 2.37. The van der Waals surface area contributed by atoms with Gasteiger partial charge in [-0.05, 0) is 24.3 Å². The Balaban J connectivity index is 1.93. The number of carboxylic acids is 1. The highest BCUT2D eigenvalue weighted by Crippen LogP contribution is 2.20. The van der Waals surface area contributed by atoms with Crippen LogP contribution in [-0.4, -0.2) is 28.5 Å². The lowest BCUT2D eigenvalue weighted by Crippen LogP contribution is -2.32. The first-order valence-electron chi connectivity index (χ1n) is 6.65. The van der Waals surface area contributed by atoms with Crippen LogP contribution in [0.15, 0.2) is 34.9 Å². The second-order valence-electron chi connectivity index (χ2n) is 4.87. The quantitative estimate of drug-likeness (QED) is 0.851. The van der Waals surface area contributed by atoms with Crippen molar-refractivity contribution in [1.82, 2.24) is 10.3 Å². The highest BCUT2D eigenvalue weighted by Gasteiger charge is 2.14. The molecule has 0 aliphatic heterocycles. The molecule has 0 saturated heterocycles. The SMILES string of the molecule is C[C@@H](CNC(=O)Cc1coc(-c2ccc(Cl)cc2)n1)C(=O)O. The van der Waals surface area contributed by atoms with Crippen LogP contribution in [0.2, 0.25) is 5.02 Å². The van der Waals surface area contributed by atoms with Crippen molar-refractivity contribution in [3.8, 4) is 11.5 Å². The Labute approximate surface area is 132 Å². The zero-order chi connectivity index (χ0) is 16.1. The number of nitrogens with one attached hydrogen (secondary N) is 1. The van der Waals surface area contributed by atoms with Gasteiger partial charge in [0.25, 0.3) is 0 Å². The summed E-state index contributed by atoms with van der Waals surface area (Å²) in [4.78, 5) is 26.6. The van der Waals surface area contributed by atoms with Crippen LogP contribution in [0.3, 0.4) is 0 Å². The second-order valence-corrected chi connectivity index (χ2v) is 5.31. The molecular weight excluding hydrogens is 308 g/mol. The number of hydrogen-bond acceptors (Lipinski definition) is 4. The number of aromatic nitrogens is 1. The van der Waals surface area contributed by atoms with Gasteiger partial charge in [0.15, 0.2) is 0 Å². The summed E-state index contributed by atoms with van der Waals surface area (Å²) in [7, 11) is 0. The van der Waals surface area contributed by atoms with Crippen molar-refractivity contribution in [2.75, 3.05) is 6.54 Å². The number of oxazole rings is 1. The van der Waals surface area contributed by atoms with E-state index in [1.165, 1.54) is 13.2 Å². The zero-order valence-corrected chi connectivity index (χ0v) is 12.6. The first kappa shape index (κ1) is 16.0. The minimum absolute atomic E-state index is 0.0312. The summed E-state index contributed by atoms with van der Waals surface area (Å²) in [5, 5.41) is 11.9. The lowest BCUT2D eigenvalue weighted by molar-refractivity contribution is -0.141. The molecule has 0 aliphatic rings. The smallest absolute Gasteiger partial charge is 0.308 e. The van der Waals surface area contributed by atoms with E-state index in [0.717, 1.165) is 5.56 Å². The van der Waals surface area contributed by atoms with Crippen LogP contribution in [0.1, 0.15) is 12.6 Å². The summed E-state index contributed by atoms with van der Waals surface area (Å²) in [6.07, 6.45) is 1.44. The summed E-state index contributed by atoms with van der Waals surface area (Å²) in [6, 6.07) is 6.99. The molecule has 1 amide bonds. The summed E-state index contributed by atoms with van der Waals surface area (Å²) in [5.41, 5.74) is 1.24. The van der Waals surface area contributed by atoms with Gasteiger partial charge in [-0.2, -0.15) is 0 Å². The molecule has 1 aromatic carbocycles. The maximum absolute atomic E-state index is 11.7. The van der Waals surface area contributed by atoms with Crippen molar-refractivity contribution in [2.24, 2.45) is 5.92 Å². The molecule has 0 saturated carbocycles. The number of aliphatic carboxylic acids is 1. The van der Waals surface area contributed by atoms with Gasteiger partial charge in [-0.15, -0.1) is 0 Å². The number of hydrogen-bond donors (Lipinski definition) is 2. The molecule has 0 unspecified atom stereocenters. The summed E-state index contributed by atoms with van der Waals surface area (Å²) >= 11 is 5.81. The molecule has 0 radical (unpaired) electrons. The summed E-state index contributed by atoms with van der Waals surface area (Å²) < 4.78 is 5.33. The monoisotopic (exact) mass is 322 g/mol. The fourth-order valence-electron chi connectivity index (χ4n) is 1.69. The molecule has 0 aliphatic carbocycles. The third-order valence-electron chi connectivity index (χ3n) is 3.01. The molecule has 116 valence electrons. The van der Waals surface area contributed by atoms with Crippen LogP contribution in [0.25, 0.3) is 11.5 Å². The highest BCUT2D eigenvalue weighted by molar-refractivity contribution is 6.30. The van der Waals surface area contributed by atoms with Crippen LogP contribution < -0.4 is 5.32 Å². The van der Waals surface area contributed by atoms with Crippen LogP contribution in [0, 0.1) is 5.92 Å². The standard InChI is InChI=1S/C15H15ClN2O4/c1-9(15(20)21)7-17-13(19)6-12-8-22-14(18-12)10-2-4-11(16)5-3-10/h2-5,8-9H,6-7H2,1H3,(H,17,19)(H,20,21)/t9-/m0/s1. The van der Waals surface area contributed by atoms with E-state index in [2.05, 4.69) is 10.3 Å². The Morgan fingerprint density at radius 2 is 2.05 bits per heavy atom. The Hall–Kier alpha value is -2.34. The number of nitrogens with zero attached hydrogens (tertiary/aromatic N) is 1. The largest absolute Gasteiger partial charge is 0.481 e. The normalized spacial score (nSPS) is 11.9. The van der Waals surface area contributed by atoms with Gasteiger partial charge in [-0.25, -0.2) is 4.98 Å². The Kier molecular flexibility index (Phi) is 5.16. The number of benzene rings is 1. The summed E-state index contributed by atoms with van der Waals surface area (Å²) in [5.74, 6) is -1.49. The Morgan fingerprint density at radius 3 is 2.68 bits per heavy atom. The van der Waals surface area contributed by atoms with Gasteiger partial charge in [0, 0.05) is 17.1 Å². The minimum Gasteiger partial charge on any atom is -0.481 e. The van der Waals surface area contributed by atoms with E-state index in [0.29, 0.717) is 16.6 Å². The van der Waals surface area contributed by atoms with E-state index in [-0.39, 0.29) is 18.9 Å². The molecule has 0 fully saturated rings. The number of carbonyl (C=O) groups is 2. The fourth-order valence-corrected chi connectivity index (χ4v) is 1.82. The average molecular weight is 323 g/mol. The first-order chi connectivity index (χ1) is 10.5. The van der Waals surface area contributed by atoms with E-state index >= 15 is 0 Å². The Morgan fingerprint density at radius 1 is 1.36 bits per heavy atom. The second kappa shape index (κ2) is 7.09. The molecule has 1 atom stereocenters. The Bertz CT molecular complexity index is 666. The third kappa shape index (κ3) is 4.33. The maximum atomic E-state index is 11.7. The molecule has 7 heteroatoms. The first-order valence-corrected chi connectivity index (χ1v) is 7.03. The van der Waals surface area contributed by atoms with Gasteiger partial charge in [0.1, 0.15) is 6.26 Å². The van der Waals surface area contributed by atoms with Crippen LogP contribution in [0.5, 0.6) is 0 Å². The van der Waals surface area contributed by atoms with Crippen molar-refractivity contribution in [1.29, 1.82) is 0 Å². The maximum Gasteiger partial charge on any atom is 0.308 e. The molecule has 0 bridgehead atoms. The molecule has 1 aromatic heterocycles. The highest BCUT2D eigenvalue weighted by atomic mass is 35.5. The lowest BCUT2D eigenvalue weighted by Gasteiger charge is -2.07. The lowest BCUT2D eigenvalue weighted by atomic mass is 10.2. The molecular formula is C15H15ClN2O4. The molecule has 2 rings (SSSR count). The molecule has 6 nitrogen and oxygen atoms in total. The van der Waals surface area contributed by atoms with Gasteiger partial charge in [0.2, 0.25) is 11.8 Å².